The van der Waals surface area contributed by atoms with Crippen LogP contribution < -0.4 is 15.2 Å². The van der Waals surface area contributed by atoms with Gasteiger partial charge in [0.15, 0.2) is 0 Å². The Hall–Kier alpha value is -0.790. The van der Waals surface area contributed by atoms with Crippen molar-refractivity contribution in [2.75, 3.05) is 12.8 Å². The van der Waals surface area contributed by atoms with Gasteiger partial charge in [-0.1, -0.05) is 27.7 Å². The van der Waals surface area contributed by atoms with Crippen molar-refractivity contribution < 1.29 is 13.2 Å². The van der Waals surface area contributed by atoms with Crippen LogP contribution in [0.1, 0.15) is 27.7 Å². The van der Waals surface area contributed by atoms with Crippen molar-refractivity contribution in [3.8, 4) is 5.75 Å². The van der Waals surface area contributed by atoms with Crippen LogP contribution in [0.4, 0.5) is 5.69 Å². The average Bonchev–Trinajstić information content (AvgIpc) is 2.74. The van der Waals surface area contributed by atoms with Crippen molar-refractivity contribution in [2.24, 2.45) is 10.8 Å². The number of hydrogen-bond donors (Lipinski definition) is 2. The molecule has 0 bridgehead atoms. The van der Waals surface area contributed by atoms with E-state index >= 15 is 0 Å². The van der Waals surface area contributed by atoms with E-state index in [1.165, 1.54) is 13.2 Å². The van der Waals surface area contributed by atoms with Crippen molar-refractivity contribution >= 4 is 31.6 Å². The summed E-state index contributed by atoms with van der Waals surface area (Å²) in [5.41, 5.74) is 5.97. The van der Waals surface area contributed by atoms with E-state index in [1.807, 2.05) is 27.7 Å². The van der Waals surface area contributed by atoms with Crippen molar-refractivity contribution in [3.63, 3.8) is 0 Å². The first-order chi connectivity index (χ1) is 9.45. The van der Waals surface area contributed by atoms with Gasteiger partial charge >= 0.3 is 0 Å². The molecular formula is C14H21BrN2O3S. The van der Waals surface area contributed by atoms with Crippen molar-refractivity contribution in [2.45, 2.75) is 38.6 Å². The van der Waals surface area contributed by atoms with Crippen LogP contribution in [0.5, 0.6) is 5.75 Å². The molecule has 1 fully saturated rings. The number of halogens is 1. The Morgan fingerprint density at radius 2 is 1.76 bits per heavy atom. The fourth-order valence-electron chi connectivity index (χ4n) is 2.63. The van der Waals surface area contributed by atoms with Gasteiger partial charge in [-0.05, 0) is 38.9 Å². The predicted octanol–water partition coefficient (Wildman–Crippen LogP) is 2.75. The van der Waals surface area contributed by atoms with Crippen LogP contribution in [0.15, 0.2) is 21.5 Å². The van der Waals surface area contributed by atoms with Gasteiger partial charge in [0.2, 0.25) is 10.0 Å². The fraction of sp³-hybridized carbons (Fsp3) is 0.571. The van der Waals surface area contributed by atoms with Crippen molar-refractivity contribution in [1.29, 1.82) is 0 Å². The van der Waals surface area contributed by atoms with Gasteiger partial charge in [0, 0.05) is 16.2 Å². The highest BCUT2D eigenvalue weighted by atomic mass is 79.9. The average molecular weight is 377 g/mol. The van der Waals surface area contributed by atoms with E-state index in [0.29, 0.717) is 10.2 Å². The first-order valence-corrected chi connectivity index (χ1v) is 8.88. The lowest BCUT2D eigenvalue weighted by molar-refractivity contribution is 0.402. The Balaban J connectivity index is 2.40. The van der Waals surface area contributed by atoms with Gasteiger partial charge in [0.05, 0.1) is 7.11 Å². The molecule has 0 atom stereocenters. The monoisotopic (exact) mass is 376 g/mol. The molecule has 0 radical (unpaired) electrons. The summed E-state index contributed by atoms with van der Waals surface area (Å²) in [6.45, 7) is 8.20. The Kier molecular flexibility index (Phi) is 3.84. The third-order valence-electron chi connectivity index (χ3n) is 4.87. The minimum Gasteiger partial charge on any atom is -0.495 e. The quantitative estimate of drug-likeness (QED) is 0.791. The van der Waals surface area contributed by atoms with Gasteiger partial charge in [-0.25, -0.2) is 13.1 Å². The molecule has 1 aliphatic carbocycles. The highest BCUT2D eigenvalue weighted by molar-refractivity contribution is 9.10. The summed E-state index contributed by atoms with van der Waals surface area (Å²) in [5, 5.41) is 0. The van der Waals surface area contributed by atoms with E-state index in [4.69, 9.17) is 10.5 Å². The summed E-state index contributed by atoms with van der Waals surface area (Å²) in [5.74, 6) is 0.264. The van der Waals surface area contributed by atoms with Crippen LogP contribution in [-0.4, -0.2) is 21.6 Å². The molecule has 0 unspecified atom stereocenters. The van der Waals surface area contributed by atoms with Gasteiger partial charge in [0.1, 0.15) is 10.6 Å². The number of nitrogens with one attached hydrogen (secondary N) is 1. The lowest BCUT2D eigenvalue weighted by Crippen LogP contribution is -2.30. The van der Waals surface area contributed by atoms with E-state index in [0.717, 1.165) is 0 Å². The molecule has 0 amide bonds. The molecule has 5 nitrogen and oxygen atoms in total. The third kappa shape index (κ3) is 2.55. The first-order valence-electron chi connectivity index (χ1n) is 6.60. The predicted molar refractivity (Wildman–Crippen MR) is 86.8 cm³/mol. The van der Waals surface area contributed by atoms with E-state index in [1.54, 1.807) is 6.07 Å². The van der Waals surface area contributed by atoms with Gasteiger partial charge in [-0.2, -0.15) is 0 Å². The van der Waals surface area contributed by atoms with Gasteiger partial charge < -0.3 is 10.5 Å². The number of ether oxygens (including phenoxy) is 1. The zero-order valence-electron chi connectivity index (χ0n) is 12.8. The molecule has 1 saturated carbocycles. The van der Waals surface area contributed by atoms with Crippen molar-refractivity contribution in [1.82, 2.24) is 4.72 Å². The molecule has 0 spiro atoms. The van der Waals surface area contributed by atoms with Gasteiger partial charge in [-0.3, -0.25) is 0 Å². The van der Waals surface area contributed by atoms with E-state index < -0.39 is 10.0 Å². The summed E-state index contributed by atoms with van der Waals surface area (Å²) in [7, 11) is -2.26. The summed E-state index contributed by atoms with van der Waals surface area (Å²) >= 11 is 3.27. The number of rotatable bonds is 4. The number of anilines is 1. The van der Waals surface area contributed by atoms with Crippen LogP contribution in [0.2, 0.25) is 0 Å². The smallest absolute Gasteiger partial charge is 0.244 e. The number of benzene rings is 1. The highest BCUT2D eigenvalue weighted by Gasteiger charge is 2.66. The highest BCUT2D eigenvalue weighted by Crippen LogP contribution is 2.63. The summed E-state index contributed by atoms with van der Waals surface area (Å²) in [4.78, 5) is 0.0594. The maximum absolute atomic E-state index is 12.6. The number of nitrogens with two attached hydrogens (primary N) is 1. The molecule has 1 aromatic rings. The SMILES string of the molecule is COc1cc(Br)c(N)cc1S(=O)(=O)NC1C(C)(C)C1(C)C. The number of methoxy groups -OCH3 is 1. The van der Waals surface area contributed by atoms with Gasteiger partial charge in [0.25, 0.3) is 0 Å². The zero-order valence-corrected chi connectivity index (χ0v) is 15.2. The normalized spacial score (nSPS) is 20.3. The Morgan fingerprint density at radius 1 is 1.24 bits per heavy atom. The second-order valence-electron chi connectivity index (χ2n) is 6.52. The Labute approximate surface area is 134 Å². The van der Waals surface area contributed by atoms with E-state index in [2.05, 4.69) is 20.7 Å². The molecule has 21 heavy (non-hydrogen) atoms. The minimum atomic E-state index is -3.70. The van der Waals surface area contributed by atoms with Crippen LogP contribution in [-0.2, 0) is 10.0 Å². The summed E-state index contributed by atoms with van der Waals surface area (Å²) in [6, 6.07) is 2.85. The molecule has 3 N–H and O–H groups in total. The number of nitrogen functional groups attached to an aromatic ring is 1. The molecule has 0 saturated heterocycles. The fourth-order valence-corrected chi connectivity index (χ4v) is 4.67. The van der Waals surface area contributed by atoms with Crippen LogP contribution in [0.3, 0.4) is 0 Å². The van der Waals surface area contributed by atoms with Crippen molar-refractivity contribution in [3.05, 3.63) is 16.6 Å². The topological polar surface area (TPSA) is 81.4 Å². The second kappa shape index (κ2) is 4.86. The molecule has 0 aromatic heterocycles. The van der Waals surface area contributed by atoms with Crippen LogP contribution in [0, 0.1) is 10.8 Å². The maximum Gasteiger partial charge on any atom is 0.244 e. The molecule has 1 aliphatic rings. The summed E-state index contributed by atoms with van der Waals surface area (Å²) in [6.07, 6.45) is 0. The number of sulfonamides is 1. The van der Waals surface area contributed by atoms with E-state index in [9.17, 15) is 8.42 Å². The molecule has 118 valence electrons. The van der Waals surface area contributed by atoms with Crippen LogP contribution >= 0.6 is 15.9 Å². The lowest BCUT2D eigenvalue weighted by atomic mass is 10.0. The maximum atomic E-state index is 12.6. The zero-order chi connectivity index (χ0) is 16.2. The molecule has 0 aliphatic heterocycles. The van der Waals surface area contributed by atoms with E-state index in [-0.39, 0.29) is 27.5 Å². The van der Waals surface area contributed by atoms with Crippen LogP contribution in [0.25, 0.3) is 0 Å². The second-order valence-corrected chi connectivity index (χ2v) is 9.06. The Morgan fingerprint density at radius 3 is 2.19 bits per heavy atom. The molecule has 0 heterocycles. The third-order valence-corrected chi connectivity index (χ3v) is 7.00. The molecule has 7 heteroatoms. The largest absolute Gasteiger partial charge is 0.495 e. The Bertz CT molecular complexity index is 670. The lowest BCUT2D eigenvalue weighted by Gasteiger charge is -2.13. The molecule has 2 rings (SSSR count). The summed E-state index contributed by atoms with van der Waals surface area (Å²) < 4.78 is 33.8. The standard InChI is InChI=1S/C14H21BrN2O3S/c1-13(2)12(14(13,3)4)17-21(18,19)11-7-9(16)8(15)6-10(11)20-5/h6-7,12,17H,16H2,1-5H3. The number of hydrogen-bond acceptors (Lipinski definition) is 4. The van der Waals surface area contributed by atoms with Gasteiger partial charge in [-0.15, -0.1) is 0 Å². The molecular weight excluding hydrogens is 356 g/mol. The minimum absolute atomic E-state index is 0.0594. The first kappa shape index (κ1) is 16.6. The molecule has 1 aromatic carbocycles.